The van der Waals surface area contributed by atoms with Gasteiger partial charge in [-0.05, 0) is 43.0 Å². The van der Waals surface area contributed by atoms with Crippen molar-refractivity contribution in [1.82, 2.24) is 4.90 Å². The van der Waals surface area contributed by atoms with Gasteiger partial charge in [-0.25, -0.2) is 0 Å². The Bertz CT molecular complexity index is 384. The number of methoxy groups -OCH3 is 1. The summed E-state index contributed by atoms with van der Waals surface area (Å²) >= 11 is 3.72. The van der Waals surface area contributed by atoms with Gasteiger partial charge in [-0.2, -0.15) is 0 Å². The number of ether oxygens (including phenoxy) is 1. The molecule has 0 heterocycles. The van der Waals surface area contributed by atoms with Crippen LogP contribution in [0.3, 0.4) is 0 Å². The van der Waals surface area contributed by atoms with Gasteiger partial charge in [0.1, 0.15) is 5.75 Å². The fraction of sp³-hybridized carbons (Fsp3) is 0.625. The van der Waals surface area contributed by atoms with Crippen LogP contribution in [0.25, 0.3) is 0 Å². The summed E-state index contributed by atoms with van der Waals surface area (Å²) in [7, 11) is 3.94. The molecule has 3 heteroatoms. The average molecular weight is 326 g/mol. The first-order chi connectivity index (χ1) is 9.17. The minimum absolute atomic E-state index is 0.501. The molecule has 0 aromatic heterocycles. The van der Waals surface area contributed by atoms with Crippen LogP contribution in [-0.2, 0) is 6.54 Å². The van der Waals surface area contributed by atoms with E-state index in [0.29, 0.717) is 5.41 Å². The standard InChI is InChI=1S/C16H24BrNO/c1-18(13-16(12-17)9-3-4-10-16)11-14-5-7-15(19-2)8-6-14/h5-8H,3-4,9-13H2,1-2H3. The van der Waals surface area contributed by atoms with Gasteiger partial charge >= 0.3 is 0 Å². The summed E-state index contributed by atoms with van der Waals surface area (Å²) in [4.78, 5) is 2.45. The van der Waals surface area contributed by atoms with Crippen molar-refractivity contribution in [3.8, 4) is 5.75 Å². The maximum atomic E-state index is 5.20. The van der Waals surface area contributed by atoms with E-state index in [1.54, 1.807) is 7.11 Å². The van der Waals surface area contributed by atoms with Crippen LogP contribution < -0.4 is 4.74 Å². The smallest absolute Gasteiger partial charge is 0.118 e. The molecule has 1 aliphatic carbocycles. The van der Waals surface area contributed by atoms with Gasteiger partial charge in [-0.1, -0.05) is 40.9 Å². The third-order valence-corrected chi connectivity index (χ3v) is 5.35. The van der Waals surface area contributed by atoms with Gasteiger partial charge in [-0.15, -0.1) is 0 Å². The van der Waals surface area contributed by atoms with Crippen LogP contribution in [0.4, 0.5) is 0 Å². The number of hydrogen-bond donors (Lipinski definition) is 0. The Morgan fingerprint density at radius 2 is 1.84 bits per heavy atom. The van der Waals surface area contributed by atoms with Crippen LogP contribution in [0, 0.1) is 5.41 Å². The van der Waals surface area contributed by atoms with Crippen molar-refractivity contribution in [2.75, 3.05) is 26.0 Å². The third-order valence-electron chi connectivity index (χ3n) is 4.16. The summed E-state index contributed by atoms with van der Waals surface area (Å²) in [6.45, 7) is 2.20. The molecule has 0 aliphatic heterocycles. The van der Waals surface area contributed by atoms with Crippen LogP contribution in [0.5, 0.6) is 5.75 Å². The molecular weight excluding hydrogens is 302 g/mol. The van der Waals surface area contributed by atoms with Crippen LogP contribution in [0.1, 0.15) is 31.2 Å². The molecule has 1 fully saturated rings. The van der Waals surface area contributed by atoms with Crippen molar-refractivity contribution in [3.05, 3.63) is 29.8 Å². The highest BCUT2D eigenvalue weighted by Gasteiger charge is 2.33. The summed E-state index contributed by atoms with van der Waals surface area (Å²) in [5, 5.41) is 1.13. The molecule has 0 saturated heterocycles. The molecule has 1 aromatic carbocycles. The lowest BCUT2D eigenvalue weighted by Gasteiger charge is -2.32. The van der Waals surface area contributed by atoms with E-state index in [-0.39, 0.29) is 0 Å². The van der Waals surface area contributed by atoms with E-state index < -0.39 is 0 Å². The zero-order chi connectivity index (χ0) is 13.7. The number of hydrogen-bond acceptors (Lipinski definition) is 2. The second kappa shape index (κ2) is 6.76. The van der Waals surface area contributed by atoms with Gasteiger partial charge in [0.15, 0.2) is 0 Å². The lowest BCUT2D eigenvalue weighted by Crippen LogP contribution is -2.34. The Labute approximate surface area is 125 Å². The number of benzene rings is 1. The molecule has 2 rings (SSSR count). The normalized spacial score (nSPS) is 17.9. The van der Waals surface area contributed by atoms with Crippen molar-refractivity contribution >= 4 is 15.9 Å². The molecule has 1 saturated carbocycles. The minimum atomic E-state index is 0.501. The van der Waals surface area contributed by atoms with Gasteiger partial charge in [0.05, 0.1) is 7.11 Å². The van der Waals surface area contributed by atoms with E-state index in [9.17, 15) is 0 Å². The first-order valence-electron chi connectivity index (χ1n) is 7.05. The number of alkyl halides is 1. The Balaban J connectivity index is 1.90. The SMILES string of the molecule is COc1ccc(CN(C)CC2(CBr)CCCC2)cc1. The predicted molar refractivity (Wildman–Crippen MR) is 84.0 cm³/mol. The highest BCUT2D eigenvalue weighted by Crippen LogP contribution is 2.40. The van der Waals surface area contributed by atoms with Crippen molar-refractivity contribution in [3.63, 3.8) is 0 Å². The monoisotopic (exact) mass is 325 g/mol. The molecule has 0 atom stereocenters. The Morgan fingerprint density at radius 1 is 1.21 bits per heavy atom. The third kappa shape index (κ3) is 3.96. The second-order valence-corrected chi connectivity index (χ2v) is 6.42. The van der Waals surface area contributed by atoms with E-state index in [2.05, 4.69) is 40.0 Å². The van der Waals surface area contributed by atoms with E-state index in [4.69, 9.17) is 4.74 Å². The van der Waals surface area contributed by atoms with Gasteiger partial charge in [0.25, 0.3) is 0 Å². The maximum Gasteiger partial charge on any atom is 0.118 e. The fourth-order valence-electron chi connectivity index (χ4n) is 3.13. The van der Waals surface area contributed by atoms with Crippen molar-refractivity contribution in [2.45, 2.75) is 32.2 Å². The lowest BCUT2D eigenvalue weighted by atomic mass is 9.88. The highest BCUT2D eigenvalue weighted by atomic mass is 79.9. The zero-order valence-corrected chi connectivity index (χ0v) is 13.6. The Kier molecular flexibility index (Phi) is 5.28. The molecule has 1 aromatic rings. The molecule has 0 radical (unpaired) electrons. The first kappa shape index (κ1) is 14.9. The molecule has 0 unspecified atom stereocenters. The quantitative estimate of drug-likeness (QED) is 0.730. The van der Waals surface area contributed by atoms with E-state index >= 15 is 0 Å². The zero-order valence-electron chi connectivity index (χ0n) is 12.0. The van der Waals surface area contributed by atoms with Crippen LogP contribution in [0.15, 0.2) is 24.3 Å². The van der Waals surface area contributed by atoms with E-state index in [1.807, 2.05) is 12.1 Å². The van der Waals surface area contributed by atoms with Crippen LogP contribution >= 0.6 is 15.9 Å². The summed E-state index contributed by atoms with van der Waals surface area (Å²) in [5.74, 6) is 0.930. The van der Waals surface area contributed by atoms with Gasteiger partial charge in [0.2, 0.25) is 0 Å². The average Bonchev–Trinajstić information content (AvgIpc) is 2.88. The van der Waals surface area contributed by atoms with Crippen LogP contribution in [-0.4, -0.2) is 30.9 Å². The second-order valence-electron chi connectivity index (χ2n) is 5.86. The molecule has 2 nitrogen and oxygen atoms in total. The number of halogens is 1. The van der Waals surface area contributed by atoms with E-state index in [1.165, 1.54) is 37.8 Å². The molecule has 0 amide bonds. The fourth-order valence-corrected chi connectivity index (χ4v) is 3.87. The lowest BCUT2D eigenvalue weighted by molar-refractivity contribution is 0.196. The van der Waals surface area contributed by atoms with Gasteiger partial charge in [0, 0.05) is 18.4 Å². The van der Waals surface area contributed by atoms with Crippen LogP contribution in [0.2, 0.25) is 0 Å². The molecule has 1 aliphatic rings. The molecule has 19 heavy (non-hydrogen) atoms. The predicted octanol–water partition coefficient (Wildman–Crippen LogP) is 4.08. The Hall–Kier alpha value is -0.540. The van der Waals surface area contributed by atoms with Crippen molar-refractivity contribution in [2.24, 2.45) is 5.41 Å². The first-order valence-corrected chi connectivity index (χ1v) is 8.17. The summed E-state index contributed by atoms with van der Waals surface area (Å²) in [6.07, 6.45) is 5.51. The summed E-state index contributed by atoms with van der Waals surface area (Å²) < 4.78 is 5.20. The maximum absolute atomic E-state index is 5.20. The van der Waals surface area contributed by atoms with E-state index in [0.717, 1.165) is 17.6 Å². The highest BCUT2D eigenvalue weighted by molar-refractivity contribution is 9.09. The van der Waals surface area contributed by atoms with Crippen molar-refractivity contribution in [1.29, 1.82) is 0 Å². The molecule has 0 spiro atoms. The molecule has 0 bridgehead atoms. The Morgan fingerprint density at radius 3 is 2.37 bits per heavy atom. The molecule has 106 valence electrons. The van der Waals surface area contributed by atoms with Gasteiger partial charge < -0.3 is 9.64 Å². The van der Waals surface area contributed by atoms with Gasteiger partial charge in [-0.3, -0.25) is 0 Å². The summed E-state index contributed by atoms with van der Waals surface area (Å²) in [6, 6.07) is 8.40. The molecular formula is C16H24BrNO. The largest absolute Gasteiger partial charge is 0.497 e. The number of nitrogens with zero attached hydrogens (tertiary/aromatic N) is 1. The number of rotatable bonds is 6. The summed E-state index contributed by atoms with van der Waals surface area (Å²) in [5.41, 5.74) is 1.85. The molecule has 0 N–H and O–H groups in total. The topological polar surface area (TPSA) is 12.5 Å². The van der Waals surface area contributed by atoms with Crippen molar-refractivity contribution < 1.29 is 4.74 Å². The minimum Gasteiger partial charge on any atom is -0.497 e.